The van der Waals surface area contributed by atoms with Crippen molar-refractivity contribution in [3.05, 3.63) is 96.1 Å². The largest absolute Gasteiger partial charge is 0.452 e. The summed E-state index contributed by atoms with van der Waals surface area (Å²) in [6.45, 7) is -0.538. The quantitative estimate of drug-likeness (QED) is 0.369. The molecule has 0 radical (unpaired) electrons. The standard InChI is InChI=1S/C27H21N3O4/c1-29-22-15-9-8-14-20(22)27(32)33-17-23(31)30-26-21(16-28)24(18-10-4-2-5-11-18)25(34-26)19-12-6-3-7-13-19/h2-15,29H,17H2,1H3,(H,30,31). The lowest BCUT2D eigenvalue weighted by molar-refractivity contribution is -0.119. The van der Waals surface area contributed by atoms with E-state index in [1.807, 2.05) is 60.7 Å². The molecule has 168 valence electrons. The van der Waals surface area contributed by atoms with Crippen molar-refractivity contribution < 1.29 is 18.7 Å². The van der Waals surface area contributed by atoms with Crippen molar-refractivity contribution in [2.45, 2.75) is 0 Å². The topological polar surface area (TPSA) is 104 Å². The molecule has 3 aromatic carbocycles. The van der Waals surface area contributed by atoms with Crippen LogP contribution in [0.5, 0.6) is 0 Å². The normalized spacial score (nSPS) is 10.2. The lowest BCUT2D eigenvalue weighted by Crippen LogP contribution is -2.21. The number of benzene rings is 3. The van der Waals surface area contributed by atoms with Crippen LogP contribution in [0.15, 0.2) is 89.3 Å². The van der Waals surface area contributed by atoms with E-state index in [0.29, 0.717) is 22.6 Å². The number of rotatable bonds is 7. The third kappa shape index (κ3) is 4.66. The average Bonchev–Trinajstić information content (AvgIpc) is 3.26. The monoisotopic (exact) mass is 451 g/mol. The molecule has 1 aromatic heterocycles. The number of nitriles is 1. The van der Waals surface area contributed by atoms with Crippen molar-refractivity contribution in [3.63, 3.8) is 0 Å². The Hall–Kier alpha value is -4.83. The average molecular weight is 451 g/mol. The maximum atomic E-state index is 12.6. The maximum absolute atomic E-state index is 12.6. The Morgan fingerprint density at radius 1 is 0.912 bits per heavy atom. The van der Waals surface area contributed by atoms with Gasteiger partial charge in [-0.1, -0.05) is 72.8 Å². The van der Waals surface area contributed by atoms with Gasteiger partial charge in [-0.3, -0.25) is 10.1 Å². The highest BCUT2D eigenvalue weighted by Gasteiger charge is 2.24. The fraction of sp³-hybridized carbons (Fsp3) is 0.0741. The third-order valence-corrected chi connectivity index (χ3v) is 5.12. The first-order valence-corrected chi connectivity index (χ1v) is 10.5. The number of furan rings is 1. The Morgan fingerprint density at radius 3 is 2.18 bits per heavy atom. The summed E-state index contributed by atoms with van der Waals surface area (Å²) < 4.78 is 11.1. The van der Waals surface area contributed by atoms with Crippen molar-refractivity contribution in [2.75, 3.05) is 24.3 Å². The molecule has 1 heterocycles. The number of hydrogen-bond acceptors (Lipinski definition) is 6. The molecule has 4 rings (SSSR count). The maximum Gasteiger partial charge on any atom is 0.340 e. The van der Waals surface area contributed by atoms with Crippen LogP contribution in [0.3, 0.4) is 0 Å². The van der Waals surface area contributed by atoms with Crippen LogP contribution in [-0.2, 0) is 9.53 Å². The fourth-order valence-corrected chi connectivity index (χ4v) is 3.55. The van der Waals surface area contributed by atoms with Crippen molar-refractivity contribution in [2.24, 2.45) is 0 Å². The van der Waals surface area contributed by atoms with E-state index in [0.717, 1.165) is 11.1 Å². The predicted octanol–water partition coefficient (Wildman–Crippen LogP) is 5.32. The number of amides is 1. The van der Waals surface area contributed by atoms with E-state index in [9.17, 15) is 14.9 Å². The molecule has 0 unspecified atom stereocenters. The number of carbonyl (C=O) groups excluding carboxylic acids is 2. The number of nitrogens with one attached hydrogen (secondary N) is 2. The Morgan fingerprint density at radius 2 is 1.53 bits per heavy atom. The highest BCUT2D eigenvalue weighted by molar-refractivity contribution is 5.99. The van der Waals surface area contributed by atoms with Crippen molar-refractivity contribution in [3.8, 4) is 28.5 Å². The lowest BCUT2D eigenvalue weighted by atomic mass is 9.98. The summed E-state index contributed by atoms with van der Waals surface area (Å²) >= 11 is 0. The summed E-state index contributed by atoms with van der Waals surface area (Å²) in [4.78, 5) is 25.0. The first kappa shape index (κ1) is 22.4. The molecular formula is C27H21N3O4. The van der Waals surface area contributed by atoms with Gasteiger partial charge in [0.1, 0.15) is 17.4 Å². The van der Waals surface area contributed by atoms with Crippen LogP contribution in [0.25, 0.3) is 22.5 Å². The fourth-order valence-electron chi connectivity index (χ4n) is 3.55. The van der Waals surface area contributed by atoms with Gasteiger partial charge in [0.05, 0.1) is 5.56 Å². The summed E-state index contributed by atoms with van der Waals surface area (Å²) in [6, 6.07) is 27.6. The van der Waals surface area contributed by atoms with Crippen LogP contribution in [0.1, 0.15) is 15.9 Å². The lowest BCUT2D eigenvalue weighted by Gasteiger charge is -2.09. The molecule has 7 heteroatoms. The van der Waals surface area contributed by atoms with E-state index in [1.54, 1.807) is 31.3 Å². The first-order valence-electron chi connectivity index (χ1n) is 10.5. The van der Waals surface area contributed by atoms with E-state index in [-0.39, 0.29) is 11.4 Å². The van der Waals surface area contributed by atoms with Gasteiger partial charge in [-0.2, -0.15) is 5.26 Å². The number of esters is 1. The molecule has 2 N–H and O–H groups in total. The molecule has 34 heavy (non-hydrogen) atoms. The van der Waals surface area contributed by atoms with E-state index in [1.165, 1.54) is 0 Å². The number of hydrogen-bond donors (Lipinski definition) is 2. The summed E-state index contributed by atoms with van der Waals surface area (Å²) in [6.07, 6.45) is 0. The molecule has 0 saturated heterocycles. The number of para-hydroxylation sites is 1. The Labute approximate surface area is 196 Å². The molecule has 7 nitrogen and oxygen atoms in total. The summed E-state index contributed by atoms with van der Waals surface area (Å²) in [5.41, 5.74) is 3.19. The molecule has 0 saturated carbocycles. The zero-order valence-electron chi connectivity index (χ0n) is 18.4. The zero-order valence-corrected chi connectivity index (χ0v) is 18.4. The van der Waals surface area contributed by atoms with Crippen molar-refractivity contribution in [1.82, 2.24) is 0 Å². The van der Waals surface area contributed by atoms with Gasteiger partial charge in [0.15, 0.2) is 6.61 Å². The Bertz CT molecular complexity index is 1360. The van der Waals surface area contributed by atoms with Gasteiger partial charge in [-0.25, -0.2) is 4.79 Å². The molecule has 1 amide bonds. The van der Waals surface area contributed by atoms with Gasteiger partial charge < -0.3 is 14.5 Å². The van der Waals surface area contributed by atoms with E-state index in [4.69, 9.17) is 9.15 Å². The first-order chi connectivity index (χ1) is 16.6. The minimum atomic E-state index is -0.644. The van der Waals surface area contributed by atoms with Gasteiger partial charge in [0, 0.05) is 23.9 Å². The van der Waals surface area contributed by atoms with E-state index in [2.05, 4.69) is 16.7 Å². The SMILES string of the molecule is CNc1ccccc1C(=O)OCC(=O)Nc1oc(-c2ccccc2)c(-c2ccccc2)c1C#N. The van der Waals surface area contributed by atoms with Crippen molar-refractivity contribution >= 4 is 23.4 Å². The summed E-state index contributed by atoms with van der Waals surface area (Å²) in [5.74, 6) is -0.815. The second-order valence-corrected chi connectivity index (χ2v) is 7.27. The minimum absolute atomic E-state index is 0.00289. The van der Waals surface area contributed by atoms with Crippen LogP contribution < -0.4 is 10.6 Å². The molecule has 4 aromatic rings. The Kier molecular flexibility index (Phi) is 6.70. The molecule has 0 aliphatic carbocycles. The number of ether oxygens (including phenoxy) is 1. The van der Waals surface area contributed by atoms with Gasteiger partial charge >= 0.3 is 5.97 Å². The Balaban J connectivity index is 1.60. The van der Waals surface area contributed by atoms with Crippen LogP contribution >= 0.6 is 0 Å². The van der Waals surface area contributed by atoms with Crippen LogP contribution in [-0.4, -0.2) is 25.5 Å². The van der Waals surface area contributed by atoms with Gasteiger partial charge in [-0.05, 0) is 17.7 Å². The number of nitrogens with zero attached hydrogens (tertiary/aromatic N) is 1. The van der Waals surface area contributed by atoms with Crippen molar-refractivity contribution in [1.29, 1.82) is 5.26 Å². The molecule has 0 aliphatic rings. The zero-order chi connectivity index (χ0) is 23.9. The molecule has 0 bridgehead atoms. The number of carbonyl (C=O) groups is 2. The van der Waals surface area contributed by atoms with E-state index >= 15 is 0 Å². The highest BCUT2D eigenvalue weighted by atomic mass is 16.5. The van der Waals surface area contributed by atoms with Gasteiger partial charge in [0.25, 0.3) is 5.91 Å². The highest BCUT2D eigenvalue weighted by Crippen LogP contribution is 2.41. The van der Waals surface area contributed by atoms with Crippen LogP contribution in [0.4, 0.5) is 11.6 Å². The number of anilines is 2. The second kappa shape index (κ2) is 10.2. The van der Waals surface area contributed by atoms with Crippen LogP contribution in [0.2, 0.25) is 0 Å². The van der Waals surface area contributed by atoms with Gasteiger partial charge in [0.2, 0.25) is 5.88 Å². The second-order valence-electron chi connectivity index (χ2n) is 7.27. The smallest absolute Gasteiger partial charge is 0.340 e. The molecule has 0 spiro atoms. The molecule has 0 fully saturated rings. The predicted molar refractivity (Wildman–Crippen MR) is 129 cm³/mol. The third-order valence-electron chi connectivity index (χ3n) is 5.12. The van der Waals surface area contributed by atoms with Gasteiger partial charge in [-0.15, -0.1) is 0 Å². The van der Waals surface area contributed by atoms with E-state index < -0.39 is 18.5 Å². The molecule has 0 aliphatic heterocycles. The minimum Gasteiger partial charge on any atom is -0.452 e. The summed E-state index contributed by atoms with van der Waals surface area (Å²) in [5, 5.41) is 15.4. The molecule has 0 atom stereocenters. The summed E-state index contributed by atoms with van der Waals surface area (Å²) in [7, 11) is 1.69. The molecular weight excluding hydrogens is 430 g/mol. The van der Waals surface area contributed by atoms with Crippen LogP contribution in [0, 0.1) is 11.3 Å².